The molecule has 0 saturated carbocycles. The Bertz CT molecular complexity index is 559. The SMILES string of the molecule is Cc1nc(N2C[C@H](C)C[C@@H](C)C2)nc2c1C(=O)C[C@@H](C)C2. The summed E-state index contributed by atoms with van der Waals surface area (Å²) in [5, 5.41) is 0. The van der Waals surface area contributed by atoms with Gasteiger partial charge < -0.3 is 4.90 Å². The monoisotopic (exact) mass is 287 g/mol. The van der Waals surface area contributed by atoms with E-state index in [9.17, 15) is 4.79 Å². The molecule has 1 aromatic rings. The summed E-state index contributed by atoms with van der Waals surface area (Å²) in [4.78, 5) is 23.9. The van der Waals surface area contributed by atoms with Crippen LogP contribution >= 0.6 is 0 Å². The number of aromatic nitrogens is 2. The molecule has 1 aromatic heterocycles. The summed E-state index contributed by atoms with van der Waals surface area (Å²) in [5.74, 6) is 2.79. The number of Topliss-reactive ketones (excluding diaryl/α,β-unsaturated/α-hetero) is 1. The van der Waals surface area contributed by atoms with Gasteiger partial charge in [0.25, 0.3) is 0 Å². The van der Waals surface area contributed by atoms with Gasteiger partial charge >= 0.3 is 0 Å². The Kier molecular flexibility index (Phi) is 3.72. The fraction of sp³-hybridized carbons (Fsp3) is 0.706. The maximum atomic E-state index is 12.2. The van der Waals surface area contributed by atoms with Crippen molar-refractivity contribution in [2.24, 2.45) is 17.8 Å². The van der Waals surface area contributed by atoms with E-state index in [0.717, 1.165) is 42.4 Å². The first-order valence-corrected chi connectivity index (χ1v) is 8.09. The summed E-state index contributed by atoms with van der Waals surface area (Å²) in [6.07, 6.45) is 2.81. The van der Waals surface area contributed by atoms with E-state index in [2.05, 4.69) is 30.7 Å². The fourth-order valence-corrected chi connectivity index (χ4v) is 3.92. The van der Waals surface area contributed by atoms with Crippen LogP contribution in [0.3, 0.4) is 0 Å². The second-order valence-electron chi connectivity index (χ2n) is 7.22. The number of carbonyl (C=O) groups excluding carboxylic acids is 1. The minimum atomic E-state index is 0.216. The lowest BCUT2D eigenvalue weighted by molar-refractivity contribution is 0.0951. The quantitative estimate of drug-likeness (QED) is 0.796. The molecular weight excluding hydrogens is 262 g/mol. The van der Waals surface area contributed by atoms with E-state index in [4.69, 9.17) is 4.98 Å². The van der Waals surface area contributed by atoms with Gasteiger partial charge in [0.15, 0.2) is 5.78 Å². The van der Waals surface area contributed by atoms with Crippen LogP contribution in [0.25, 0.3) is 0 Å². The molecule has 2 aliphatic rings. The van der Waals surface area contributed by atoms with Crippen LogP contribution in [-0.2, 0) is 6.42 Å². The van der Waals surface area contributed by atoms with Crippen molar-refractivity contribution in [1.82, 2.24) is 9.97 Å². The number of fused-ring (bicyclic) bond motifs is 1. The van der Waals surface area contributed by atoms with E-state index in [-0.39, 0.29) is 5.78 Å². The number of piperidine rings is 1. The molecule has 2 heterocycles. The van der Waals surface area contributed by atoms with Crippen LogP contribution in [-0.4, -0.2) is 28.8 Å². The first-order chi connectivity index (χ1) is 9.94. The molecule has 0 bridgehead atoms. The Morgan fingerprint density at radius 3 is 2.33 bits per heavy atom. The fourth-order valence-electron chi connectivity index (χ4n) is 3.92. The van der Waals surface area contributed by atoms with Gasteiger partial charge in [-0.25, -0.2) is 9.97 Å². The molecule has 1 saturated heterocycles. The molecule has 3 atom stereocenters. The van der Waals surface area contributed by atoms with E-state index in [1.54, 1.807) is 0 Å². The van der Waals surface area contributed by atoms with Crippen molar-refractivity contribution in [1.29, 1.82) is 0 Å². The molecule has 0 amide bonds. The van der Waals surface area contributed by atoms with E-state index in [1.807, 2.05) is 6.92 Å². The molecule has 0 N–H and O–H groups in total. The first-order valence-electron chi connectivity index (χ1n) is 8.09. The molecule has 0 radical (unpaired) electrons. The van der Waals surface area contributed by atoms with Crippen molar-refractivity contribution in [3.05, 3.63) is 17.0 Å². The summed E-state index contributed by atoms with van der Waals surface area (Å²) >= 11 is 0. The van der Waals surface area contributed by atoms with Crippen LogP contribution < -0.4 is 4.90 Å². The Labute approximate surface area is 127 Å². The van der Waals surface area contributed by atoms with Crippen molar-refractivity contribution >= 4 is 11.7 Å². The van der Waals surface area contributed by atoms with Crippen LogP contribution in [0.4, 0.5) is 5.95 Å². The van der Waals surface area contributed by atoms with Crippen molar-refractivity contribution in [3.8, 4) is 0 Å². The van der Waals surface area contributed by atoms with Gasteiger partial charge in [-0.1, -0.05) is 20.8 Å². The van der Waals surface area contributed by atoms with Gasteiger partial charge in [-0.3, -0.25) is 4.79 Å². The molecule has 0 spiro atoms. The number of nitrogens with zero attached hydrogens (tertiary/aromatic N) is 3. The number of hydrogen-bond donors (Lipinski definition) is 0. The third kappa shape index (κ3) is 2.81. The van der Waals surface area contributed by atoms with Crippen LogP contribution in [0, 0.1) is 24.7 Å². The van der Waals surface area contributed by atoms with Gasteiger partial charge in [0.1, 0.15) is 0 Å². The zero-order valence-electron chi connectivity index (χ0n) is 13.5. The van der Waals surface area contributed by atoms with Gasteiger partial charge in [-0.05, 0) is 37.5 Å². The topological polar surface area (TPSA) is 46.1 Å². The maximum absolute atomic E-state index is 12.2. The van der Waals surface area contributed by atoms with Gasteiger partial charge in [0, 0.05) is 19.5 Å². The van der Waals surface area contributed by atoms with Crippen molar-refractivity contribution in [2.45, 2.75) is 47.0 Å². The molecule has 1 fully saturated rings. The molecule has 4 heteroatoms. The van der Waals surface area contributed by atoms with Crippen LogP contribution in [0.5, 0.6) is 0 Å². The van der Waals surface area contributed by atoms with Gasteiger partial charge in [-0.2, -0.15) is 0 Å². The molecule has 1 aliphatic carbocycles. The number of ketones is 1. The number of hydrogen-bond acceptors (Lipinski definition) is 4. The first kappa shape index (κ1) is 14.5. The maximum Gasteiger partial charge on any atom is 0.225 e. The van der Waals surface area contributed by atoms with Gasteiger partial charge in [-0.15, -0.1) is 0 Å². The molecule has 3 rings (SSSR count). The van der Waals surface area contributed by atoms with Crippen LogP contribution in [0.1, 0.15) is 55.4 Å². The van der Waals surface area contributed by atoms with Crippen LogP contribution in [0.2, 0.25) is 0 Å². The molecule has 1 aliphatic heterocycles. The minimum absolute atomic E-state index is 0.216. The lowest BCUT2D eigenvalue weighted by Gasteiger charge is -2.35. The molecule has 114 valence electrons. The van der Waals surface area contributed by atoms with E-state index in [0.29, 0.717) is 24.2 Å². The minimum Gasteiger partial charge on any atom is -0.340 e. The molecule has 21 heavy (non-hydrogen) atoms. The second kappa shape index (κ2) is 5.39. The average Bonchev–Trinajstić information content (AvgIpc) is 2.35. The summed E-state index contributed by atoms with van der Waals surface area (Å²) < 4.78 is 0. The molecule has 0 aromatic carbocycles. The van der Waals surface area contributed by atoms with Crippen molar-refractivity contribution in [3.63, 3.8) is 0 Å². The highest BCUT2D eigenvalue weighted by Gasteiger charge is 2.29. The summed E-state index contributed by atoms with van der Waals surface area (Å²) in [6.45, 7) is 10.7. The Balaban J connectivity index is 1.96. The third-order valence-corrected chi connectivity index (χ3v) is 4.66. The third-order valence-electron chi connectivity index (χ3n) is 4.66. The van der Waals surface area contributed by atoms with E-state index in [1.165, 1.54) is 6.42 Å². The lowest BCUT2D eigenvalue weighted by Crippen LogP contribution is -2.40. The number of aryl methyl sites for hydroxylation is 1. The predicted molar refractivity (Wildman–Crippen MR) is 83.7 cm³/mol. The zero-order valence-corrected chi connectivity index (χ0v) is 13.5. The highest BCUT2D eigenvalue weighted by atomic mass is 16.1. The smallest absolute Gasteiger partial charge is 0.225 e. The Hall–Kier alpha value is -1.45. The summed E-state index contributed by atoms with van der Waals surface area (Å²) in [7, 11) is 0. The zero-order chi connectivity index (χ0) is 15.1. The highest BCUT2D eigenvalue weighted by Crippen LogP contribution is 2.29. The molecule has 0 unspecified atom stereocenters. The standard InChI is InChI=1S/C17H25N3O/c1-10-6-14-16(15(21)7-10)13(4)18-17(19-14)20-8-11(2)5-12(3)9-20/h10-12H,5-9H2,1-4H3/t10-,11+,12+/m0/s1. The van der Waals surface area contributed by atoms with Gasteiger partial charge in [0.05, 0.1) is 17.0 Å². The number of carbonyl (C=O) groups is 1. The Morgan fingerprint density at radius 1 is 1.00 bits per heavy atom. The van der Waals surface area contributed by atoms with E-state index < -0.39 is 0 Å². The second-order valence-corrected chi connectivity index (χ2v) is 7.22. The lowest BCUT2D eigenvalue weighted by atomic mass is 9.86. The van der Waals surface area contributed by atoms with Crippen molar-refractivity contribution < 1.29 is 4.79 Å². The summed E-state index contributed by atoms with van der Waals surface area (Å²) in [6, 6.07) is 0. The van der Waals surface area contributed by atoms with Crippen LogP contribution in [0.15, 0.2) is 0 Å². The normalized spacial score (nSPS) is 29.4. The summed E-state index contributed by atoms with van der Waals surface area (Å²) in [5.41, 5.74) is 2.61. The van der Waals surface area contributed by atoms with E-state index >= 15 is 0 Å². The molecular formula is C17H25N3O. The highest BCUT2D eigenvalue weighted by molar-refractivity contribution is 5.99. The van der Waals surface area contributed by atoms with Crippen molar-refractivity contribution in [2.75, 3.05) is 18.0 Å². The number of rotatable bonds is 1. The number of anilines is 1. The van der Waals surface area contributed by atoms with Gasteiger partial charge in [0.2, 0.25) is 5.95 Å². The Morgan fingerprint density at radius 2 is 1.67 bits per heavy atom. The predicted octanol–water partition coefficient (Wildman–Crippen LogP) is 3.03. The largest absolute Gasteiger partial charge is 0.340 e. The molecule has 4 nitrogen and oxygen atoms in total. The average molecular weight is 287 g/mol.